The molecule has 0 radical (unpaired) electrons. The van der Waals surface area contributed by atoms with Gasteiger partial charge in [0.15, 0.2) is 0 Å². The van der Waals surface area contributed by atoms with Crippen molar-refractivity contribution in [1.29, 1.82) is 0 Å². The van der Waals surface area contributed by atoms with Gasteiger partial charge in [-0.2, -0.15) is 4.68 Å². The van der Waals surface area contributed by atoms with Crippen LogP contribution in [0.1, 0.15) is 10.4 Å². The van der Waals surface area contributed by atoms with Crippen molar-refractivity contribution in [2.24, 2.45) is 0 Å². The first kappa shape index (κ1) is 16.2. The number of para-hydroxylation sites is 1. The summed E-state index contributed by atoms with van der Waals surface area (Å²) in [5.41, 5.74) is 1.84. The standard InChI is InChI=1S/C17H15N5O4/c23-17(21-16-4-2-1-3-14(16)18-19-21)13-11-12(22(24)25)5-6-15(13)20-7-9-26-10-8-20/h1-6,11H,7-10H2. The summed E-state index contributed by atoms with van der Waals surface area (Å²) in [6.45, 7) is 2.29. The van der Waals surface area contributed by atoms with E-state index in [1.165, 1.54) is 16.8 Å². The predicted octanol–water partition coefficient (Wildman–Crippen LogP) is 1.86. The largest absolute Gasteiger partial charge is 0.378 e. The molecule has 26 heavy (non-hydrogen) atoms. The van der Waals surface area contributed by atoms with Crippen molar-refractivity contribution in [2.45, 2.75) is 0 Å². The van der Waals surface area contributed by atoms with E-state index >= 15 is 0 Å². The van der Waals surface area contributed by atoms with Gasteiger partial charge < -0.3 is 9.64 Å². The van der Waals surface area contributed by atoms with Gasteiger partial charge in [0, 0.05) is 25.2 Å². The number of benzene rings is 2. The fourth-order valence-electron chi connectivity index (χ4n) is 3.02. The maximum Gasteiger partial charge on any atom is 0.282 e. The second kappa shape index (κ2) is 6.52. The molecule has 132 valence electrons. The van der Waals surface area contributed by atoms with Crippen molar-refractivity contribution in [3.63, 3.8) is 0 Å². The van der Waals surface area contributed by atoms with Crippen LogP contribution >= 0.6 is 0 Å². The maximum absolute atomic E-state index is 13.1. The molecule has 4 rings (SSSR count). The number of fused-ring (bicyclic) bond motifs is 1. The monoisotopic (exact) mass is 353 g/mol. The Morgan fingerprint density at radius 3 is 2.69 bits per heavy atom. The molecular formula is C17H15N5O4. The summed E-state index contributed by atoms with van der Waals surface area (Å²) >= 11 is 0. The van der Waals surface area contributed by atoms with Gasteiger partial charge in [-0.15, -0.1) is 5.10 Å². The number of hydrogen-bond acceptors (Lipinski definition) is 7. The first-order valence-electron chi connectivity index (χ1n) is 8.11. The highest BCUT2D eigenvalue weighted by Crippen LogP contribution is 2.28. The summed E-state index contributed by atoms with van der Waals surface area (Å²) in [7, 11) is 0. The number of ether oxygens (including phenoxy) is 1. The Morgan fingerprint density at radius 1 is 1.15 bits per heavy atom. The topological polar surface area (TPSA) is 103 Å². The highest BCUT2D eigenvalue weighted by molar-refractivity contribution is 6.04. The zero-order chi connectivity index (χ0) is 18.1. The van der Waals surface area contributed by atoms with Gasteiger partial charge in [-0.05, 0) is 18.2 Å². The van der Waals surface area contributed by atoms with Crippen LogP contribution in [0, 0.1) is 10.1 Å². The Labute approximate surface area is 147 Å². The van der Waals surface area contributed by atoms with Gasteiger partial charge in [-0.3, -0.25) is 14.9 Å². The zero-order valence-electron chi connectivity index (χ0n) is 13.7. The molecule has 1 fully saturated rings. The fraction of sp³-hybridized carbons (Fsp3) is 0.235. The SMILES string of the molecule is O=C(c1cc([N+](=O)[O-])ccc1N1CCOCC1)n1nnc2ccccc21. The number of nitro benzene ring substituents is 1. The van der Waals surface area contributed by atoms with E-state index in [4.69, 9.17) is 4.74 Å². The average Bonchev–Trinajstić information content (AvgIpc) is 3.11. The molecule has 1 saturated heterocycles. The normalized spacial score (nSPS) is 14.5. The van der Waals surface area contributed by atoms with E-state index in [2.05, 4.69) is 10.3 Å². The number of nitro groups is 1. The predicted molar refractivity (Wildman–Crippen MR) is 93.4 cm³/mol. The number of hydrogen-bond donors (Lipinski definition) is 0. The number of carbonyl (C=O) groups is 1. The minimum absolute atomic E-state index is 0.144. The molecule has 2 aromatic carbocycles. The Bertz CT molecular complexity index is 994. The van der Waals surface area contributed by atoms with Crippen LogP contribution in [-0.2, 0) is 4.74 Å². The maximum atomic E-state index is 13.1. The fourth-order valence-corrected chi connectivity index (χ4v) is 3.02. The number of anilines is 1. The molecule has 0 unspecified atom stereocenters. The zero-order valence-corrected chi connectivity index (χ0v) is 13.7. The van der Waals surface area contributed by atoms with Gasteiger partial charge in [-0.1, -0.05) is 17.3 Å². The molecule has 3 aromatic rings. The Morgan fingerprint density at radius 2 is 1.92 bits per heavy atom. The molecule has 1 aliphatic rings. The molecular weight excluding hydrogens is 338 g/mol. The highest BCUT2D eigenvalue weighted by atomic mass is 16.6. The summed E-state index contributed by atoms with van der Waals surface area (Å²) in [5.74, 6) is -0.455. The summed E-state index contributed by atoms with van der Waals surface area (Å²) in [6.07, 6.45) is 0. The lowest BCUT2D eigenvalue weighted by molar-refractivity contribution is -0.384. The van der Waals surface area contributed by atoms with Crippen molar-refractivity contribution in [1.82, 2.24) is 15.0 Å². The Hall–Kier alpha value is -3.33. The number of non-ortho nitro benzene ring substituents is 1. The first-order valence-corrected chi connectivity index (χ1v) is 8.11. The molecule has 2 heterocycles. The molecule has 0 aliphatic carbocycles. The molecule has 9 nitrogen and oxygen atoms in total. The van der Waals surface area contributed by atoms with Crippen LogP contribution in [0.5, 0.6) is 0 Å². The number of rotatable bonds is 3. The van der Waals surface area contributed by atoms with Gasteiger partial charge in [0.2, 0.25) is 0 Å². The van der Waals surface area contributed by atoms with Crippen molar-refractivity contribution in [2.75, 3.05) is 31.2 Å². The molecule has 0 saturated carbocycles. The average molecular weight is 353 g/mol. The second-order valence-corrected chi connectivity index (χ2v) is 5.85. The molecule has 9 heteroatoms. The van der Waals surface area contributed by atoms with E-state index in [1.54, 1.807) is 30.3 Å². The van der Waals surface area contributed by atoms with E-state index in [1.807, 2.05) is 4.90 Å². The second-order valence-electron chi connectivity index (χ2n) is 5.85. The van der Waals surface area contributed by atoms with Crippen molar-refractivity contribution >= 4 is 28.3 Å². The minimum Gasteiger partial charge on any atom is -0.378 e. The summed E-state index contributed by atoms with van der Waals surface area (Å²) in [6, 6.07) is 11.4. The quantitative estimate of drug-likeness (QED) is 0.523. The van der Waals surface area contributed by atoms with E-state index in [-0.39, 0.29) is 11.3 Å². The number of aromatic nitrogens is 3. The van der Waals surface area contributed by atoms with Gasteiger partial charge in [-0.25, -0.2) is 0 Å². The number of carbonyl (C=O) groups excluding carboxylic acids is 1. The Kier molecular flexibility index (Phi) is 4.05. The van der Waals surface area contributed by atoms with Crippen LogP contribution in [-0.4, -0.2) is 52.1 Å². The molecule has 0 spiro atoms. The third-order valence-corrected chi connectivity index (χ3v) is 4.32. The van der Waals surface area contributed by atoms with Gasteiger partial charge in [0.25, 0.3) is 11.6 Å². The van der Waals surface area contributed by atoms with Crippen molar-refractivity contribution < 1.29 is 14.5 Å². The molecule has 1 aliphatic heterocycles. The Balaban J connectivity index is 1.83. The summed E-state index contributed by atoms with van der Waals surface area (Å²) < 4.78 is 6.53. The summed E-state index contributed by atoms with van der Waals surface area (Å²) in [5, 5.41) is 19.1. The first-order chi connectivity index (χ1) is 12.6. The smallest absolute Gasteiger partial charge is 0.282 e. The highest BCUT2D eigenvalue weighted by Gasteiger charge is 2.24. The number of nitrogens with zero attached hydrogens (tertiary/aromatic N) is 5. The van der Waals surface area contributed by atoms with E-state index in [0.717, 1.165) is 0 Å². The van der Waals surface area contributed by atoms with E-state index < -0.39 is 10.8 Å². The molecule has 0 N–H and O–H groups in total. The van der Waals surface area contributed by atoms with Gasteiger partial charge in [0.05, 0.1) is 34.9 Å². The lowest BCUT2D eigenvalue weighted by Gasteiger charge is -2.30. The number of morpholine rings is 1. The lowest BCUT2D eigenvalue weighted by atomic mass is 10.1. The summed E-state index contributed by atoms with van der Waals surface area (Å²) in [4.78, 5) is 25.8. The van der Waals surface area contributed by atoms with E-state index in [0.29, 0.717) is 43.0 Å². The van der Waals surface area contributed by atoms with Crippen LogP contribution in [0.15, 0.2) is 42.5 Å². The van der Waals surface area contributed by atoms with Gasteiger partial charge >= 0.3 is 0 Å². The van der Waals surface area contributed by atoms with Crippen LogP contribution in [0.2, 0.25) is 0 Å². The molecule has 0 atom stereocenters. The third kappa shape index (κ3) is 2.78. The van der Waals surface area contributed by atoms with Crippen molar-refractivity contribution in [3.05, 3.63) is 58.1 Å². The molecule has 0 bridgehead atoms. The van der Waals surface area contributed by atoms with Gasteiger partial charge in [0.1, 0.15) is 5.52 Å². The molecule has 1 aromatic heterocycles. The van der Waals surface area contributed by atoms with Crippen molar-refractivity contribution in [3.8, 4) is 0 Å². The van der Waals surface area contributed by atoms with E-state index in [9.17, 15) is 14.9 Å². The lowest BCUT2D eigenvalue weighted by Crippen LogP contribution is -2.37. The van der Waals surface area contributed by atoms with Crippen LogP contribution in [0.4, 0.5) is 11.4 Å². The van der Waals surface area contributed by atoms with Crippen LogP contribution in [0.3, 0.4) is 0 Å². The minimum atomic E-state index is -0.515. The third-order valence-electron chi connectivity index (χ3n) is 4.32. The van der Waals surface area contributed by atoms with Crippen LogP contribution in [0.25, 0.3) is 11.0 Å². The molecule has 0 amide bonds. The van der Waals surface area contributed by atoms with Crippen LogP contribution < -0.4 is 4.90 Å².